The van der Waals surface area contributed by atoms with Gasteiger partial charge in [-0.1, -0.05) is 13.8 Å². The molecule has 0 aliphatic rings. The summed E-state index contributed by atoms with van der Waals surface area (Å²) in [5.41, 5.74) is 2.11. The summed E-state index contributed by atoms with van der Waals surface area (Å²) in [4.78, 5) is 11.9. The Morgan fingerprint density at radius 2 is 2.23 bits per heavy atom. The minimum absolute atomic E-state index is 0.305. The molecular formula is C11H14OS. The number of hydrogen-bond acceptors (Lipinski definition) is 2. The molecule has 1 heterocycles. The molecule has 2 heteroatoms. The van der Waals surface area contributed by atoms with Crippen LogP contribution in [0.1, 0.15) is 24.3 Å². The normalized spacial score (nSPS) is 12.2. The minimum atomic E-state index is 0.305. The van der Waals surface area contributed by atoms with Crippen molar-refractivity contribution < 1.29 is 4.79 Å². The average molecular weight is 194 g/mol. The Hall–Kier alpha value is -0.890. The lowest BCUT2D eigenvalue weighted by Crippen LogP contribution is -1.94. The second kappa shape index (κ2) is 4.38. The largest absolute Gasteiger partial charge is 0.298 e. The van der Waals surface area contributed by atoms with Gasteiger partial charge < -0.3 is 0 Å². The molecule has 0 N–H and O–H groups in total. The summed E-state index contributed by atoms with van der Waals surface area (Å²) in [5, 5.41) is 2.05. The Balaban J connectivity index is 2.98. The molecule has 0 saturated heterocycles. The van der Waals surface area contributed by atoms with Gasteiger partial charge in [-0.2, -0.15) is 0 Å². The van der Waals surface area contributed by atoms with Gasteiger partial charge in [0, 0.05) is 4.88 Å². The highest BCUT2D eigenvalue weighted by atomic mass is 32.1. The second-order valence-electron chi connectivity index (χ2n) is 3.38. The lowest BCUT2D eigenvalue weighted by Gasteiger charge is -2.02. The Bertz CT molecular complexity index is 321. The maximum Gasteiger partial charge on any atom is 0.146 e. The van der Waals surface area contributed by atoms with Gasteiger partial charge in [-0.05, 0) is 41.5 Å². The number of aryl methyl sites for hydroxylation is 1. The van der Waals surface area contributed by atoms with E-state index in [4.69, 9.17) is 0 Å². The van der Waals surface area contributed by atoms with Crippen molar-refractivity contribution in [1.29, 1.82) is 0 Å². The van der Waals surface area contributed by atoms with Crippen LogP contribution in [0.25, 0.3) is 6.08 Å². The summed E-state index contributed by atoms with van der Waals surface area (Å²) < 4.78 is 0. The predicted octanol–water partition coefficient (Wildman–Crippen LogP) is 3.29. The van der Waals surface area contributed by atoms with Crippen LogP contribution in [-0.2, 0) is 4.79 Å². The van der Waals surface area contributed by atoms with Gasteiger partial charge in [-0.3, -0.25) is 4.79 Å². The first-order valence-electron chi connectivity index (χ1n) is 4.36. The van der Waals surface area contributed by atoms with E-state index < -0.39 is 0 Å². The Kier molecular flexibility index (Phi) is 3.43. The van der Waals surface area contributed by atoms with Crippen molar-refractivity contribution in [3.05, 3.63) is 27.5 Å². The summed E-state index contributed by atoms with van der Waals surface area (Å²) in [5.74, 6) is 0.305. The van der Waals surface area contributed by atoms with Crippen molar-refractivity contribution in [2.75, 3.05) is 0 Å². The molecule has 1 aromatic heterocycles. The maximum atomic E-state index is 10.7. The van der Waals surface area contributed by atoms with Crippen LogP contribution in [0.5, 0.6) is 0 Å². The first-order chi connectivity index (χ1) is 6.15. The van der Waals surface area contributed by atoms with Gasteiger partial charge in [0.25, 0.3) is 0 Å². The van der Waals surface area contributed by atoms with Crippen molar-refractivity contribution in [3.63, 3.8) is 0 Å². The van der Waals surface area contributed by atoms with Crippen LogP contribution in [0.2, 0.25) is 0 Å². The van der Waals surface area contributed by atoms with Crippen LogP contribution in [0, 0.1) is 12.8 Å². The highest BCUT2D eigenvalue weighted by Gasteiger charge is 2.03. The third-order valence-corrected chi connectivity index (χ3v) is 2.97. The fourth-order valence-electron chi connectivity index (χ4n) is 1.02. The van der Waals surface area contributed by atoms with E-state index in [0.717, 1.165) is 11.9 Å². The van der Waals surface area contributed by atoms with E-state index in [1.165, 1.54) is 10.4 Å². The fraction of sp³-hybridized carbons (Fsp3) is 0.364. The van der Waals surface area contributed by atoms with E-state index in [2.05, 4.69) is 13.0 Å². The quantitative estimate of drug-likeness (QED) is 0.533. The number of aldehydes is 1. The Morgan fingerprint density at radius 3 is 2.62 bits per heavy atom. The third-order valence-electron chi connectivity index (χ3n) is 2.00. The molecule has 0 radical (unpaired) electrons. The first-order valence-corrected chi connectivity index (χ1v) is 5.24. The second-order valence-corrected chi connectivity index (χ2v) is 4.33. The highest BCUT2D eigenvalue weighted by Crippen LogP contribution is 2.20. The predicted molar refractivity (Wildman–Crippen MR) is 57.9 cm³/mol. The zero-order chi connectivity index (χ0) is 9.84. The molecule has 0 atom stereocenters. The number of thiophene rings is 1. The number of allylic oxidation sites excluding steroid dienone is 1. The number of hydrogen-bond donors (Lipinski definition) is 0. The van der Waals surface area contributed by atoms with Crippen molar-refractivity contribution in [3.8, 4) is 0 Å². The molecule has 1 rings (SSSR count). The Labute approximate surface area is 83.1 Å². The van der Waals surface area contributed by atoms with E-state index >= 15 is 0 Å². The Morgan fingerprint density at radius 1 is 1.54 bits per heavy atom. The lowest BCUT2D eigenvalue weighted by atomic mass is 10.0. The van der Waals surface area contributed by atoms with E-state index in [0.29, 0.717) is 5.92 Å². The molecule has 1 nitrogen and oxygen atoms in total. The summed E-state index contributed by atoms with van der Waals surface area (Å²) >= 11 is 1.68. The van der Waals surface area contributed by atoms with Crippen LogP contribution < -0.4 is 0 Å². The zero-order valence-corrected chi connectivity index (χ0v) is 9.02. The third kappa shape index (κ3) is 2.52. The molecule has 0 aromatic carbocycles. The van der Waals surface area contributed by atoms with Crippen molar-refractivity contribution in [2.24, 2.45) is 5.92 Å². The van der Waals surface area contributed by atoms with Crippen LogP contribution in [0.15, 0.2) is 17.0 Å². The molecule has 0 bridgehead atoms. The lowest BCUT2D eigenvalue weighted by molar-refractivity contribution is -0.105. The molecule has 0 aliphatic carbocycles. The van der Waals surface area contributed by atoms with Gasteiger partial charge in [0.2, 0.25) is 0 Å². The van der Waals surface area contributed by atoms with E-state index in [1.54, 1.807) is 11.3 Å². The smallest absolute Gasteiger partial charge is 0.146 e. The summed E-state index contributed by atoms with van der Waals surface area (Å²) in [6.07, 6.45) is 2.93. The topological polar surface area (TPSA) is 17.1 Å². The molecule has 0 fully saturated rings. The van der Waals surface area contributed by atoms with Crippen LogP contribution in [0.3, 0.4) is 0 Å². The van der Waals surface area contributed by atoms with Gasteiger partial charge in [0.1, 0.15) is 6.29 Å². The van der Waals surface area contributed by atoms with Gasteiger partial charge in [-0.15, -0.1) is 11.3 Å². The average Bonchev–Trinajstić information content (AvgIpc) is 2.46. The zero-order valence-electron chi connectivity index (χ0n) is 8.20. The molecular weight excluding hydrogens is 180 g/mol. The molecule has 1 aromatic rings. The van der Waals surface area contributed by atoms with Crippen LogP contribution >= 0.6 is 11.3 Å². The summed E-state index contributed by atoms with van der Waals surface area (Å²) in [6.45, 7) is 6.12. The highest BCUT2D eigenvalue weighted by molar-refractivity contribution is 7.11. The van der Waals surface area contributed by atoms with Gasteiger partial charge >= 0.3 is 0 Å². The number of carbonyl (C=O) groups excluding carboxylic acids is 1. The summed E-state index contributed by atoms with van der Waals surface area (Å²) in [7, 11) is 0. The monoisotopic (exact) mass is 194 g/mol. The molecule has 0 amide bonds. The number of carbonyl (C=O) groups is 1. The number of rotatable bonds is 3. The van der Waals surface area contributed by atoms with Crippen molar-refractivity contribution >= 4 is 23.7 Å². The van der Waals surface area contributed by atoms with E-state index in [1.807, 2.05) is 25.3 Å². The molecule has 0 saturated carbocycles. The summed E-state index contributed by atoms with van der Waals surface area (Å²) in [6, 6.07) is 2.07. The molecule has 13 heavy (non-hydrogen) atoms. The standard InChI is InChI=1S/C11H14OS/c1-8(2)10(7-12)6-11-9(3)4-5-13-11/h4-8H,1-3H3/b10-6+. The van der Waals surface area contributed by atoms with E-state index in [9.17, 15) is 4.79 Å². The molecule has 70 valence electrons. The molecule has 0 spiro atoms. The van der Waals surface area contributed by atoms with Gasteiger partial charge in [0.05, 0.1) is 0 Å². The fourth-order valence-corrected chi connectivity index (χ4v) is 1.90. The van der Waals surface area contributed by atoms with Gasteiger partial charge in [-0.25, -0.2) is 0 Å². The first kappa shape index (κ1) is 10.2. The van der Waals surface area contributed by atoms with Crippen LogP contribution in [-0.4, -0.2) is 6.29 Å². The van der Waals surface area contributed by atoms with E-state index in [-0.39, 0.29) is 0 Å². The van der Waals surface area contributed by atoms with Crippen molar-refractivity contribution in [2.45, 2.75) is 20.8 Å². The molecule has 0 unspecified atom stereocenters. The molecule has 0 aliphatic heterocycles. The minimum Gasteiger partial charge on any atom is -0.298 e. The van der Waals surface area contributed by atoms with Crippen molar-refractivity contribution in [1.82, 2.24) is 0 Å². The SMILES string of the molecule is Cc1ccsc1/C=C(\C=O)C(C)C. The maximum absolute atomic E-state index is 10.7. The van der Waals surface area contributed by atoms with Gasteiger partial charge in [0.15, 0.2) is 0 Å². The van der Waals surface area contributed by atoms with Crippen LogP contribution in [0.4, 0.5) is 0 Å².